The van der Waals surface area contributed by atoms with Gasteiger partial charge in [0.15, 0.2) is 0 Å². The molecule has 0 radical (unpaired) electrons. The van der Waals surface area contributed by atoms with Crippen molar-refractivity contribution >= 4 is 13.7 Å². The molecule has 0 heterocycles. The fourth-order valence-electron chi connectivity index (χ4n) is 9.86. The van der Waals surface area contributed by atoms with E-state index in [0.29, 0.717) is 17.4 Å². The Morgan fingerprint density at radius 1 is 0.452 bits per heavy atom. The Morgan fingerprint density at radius 2 is 0.740 bits per heavy atom. The lowest BCUT2D eigenvalue weighted by Crippen LogP contribution is -2.45. The number of hydrogen-bond acceptors (Lipinski definition) is 5. The molecule has 0 fully saturated rings. The second-order valence-corrected chi connectivity index (χ2v) is 24.9. The van der Waals surface area contributed by atoms with Crippen molar-refractivity contribution in [2.75, 3.05) is 40.9 Å². The molecule has 1 amide bonds. The monoisotopic (exact) mass is 1050 g/mol. The SMILES string of the molecule is CCCCCCCCCCCCCC/C=C\CCCCCCCCCCCCCCCCCCCC(=O)NC(COP(=O)(O)OCC[N+](C)(C)C)C(O)/C=C/CCCCCCCCCCCCCCCCCC. The maximum Gasteiger partial charge on any atom is 0.472 e. The molecule has 8 nitrogen and oxygen atoms in total. The smallest absolute Gasteiger partial charge is 0.387 e. The minimum Gasteiger partial charge on any atom is -0.387 e. The van der Waals surface area contributed by atoms with E-state index in [1.54, 1.807) is 6.08 Å². The average Bonchev–Trinajstić information content (AvgIpc) is 3.35. The van der Waals surface area contributed by atoms with Gasteiger partial charge in [0.2, 0.25) is 5.91 Å². The molecule has 0 saturated carbocycles. The number of nitrogens with one attached hydrogen (secondary N) is 1. The molecule has 0 aliphatic heterocycles. The van der Waals surface area contributed by atoms with Crippen LogP contribution in [0.2, 0.25) is 0 Å². The molecule has 3 atom stereocenters. The van der Waals surface area contributed by atoms with Crippen molar-refractivity contribution < 1.29 is 32.9 Å². The predicted molar refractivity (Wildman–Crippen MR) is 318 cm³/mol. The molecule has 73 heavy (non-hydrogen) atoms. The summed E-state index contributed by atoms with van der Waals surface area (Å²) >= 11 is 0. The number of hydrogen-bond donors (Lipinski definition) is 3. The van der Waals surface area contributed by atoms with Gasteiger partial charge < -0.3 is 19.8 Å². The number of allylic oxidation sites excluding steroid dienone is 3. The van der Waals surface area contributed by atoms with Crippen LogP contribution in [-0.2, 0) is 18.4 Å². The number of carbonyl (C=O) groups is 1. The number of carbonyl (C=O) groups excluding carboxylic acids is 1. The molecule has 0 spiro atoms. The van der Waals surface area contributed by atoms with Crippen LogP contribution in [0, 0.1) is 0 Å². The summed E-state index contributed by atoms with van der Waals surface area (Å²) in [7, 11) is 1.59. The molecule has 0 aromatic heterocycles. The molecule has 3 unspecified atom stereocenters. The molecule has 0 aliphatic carbocycles. The standard InChI is InChI=1S/C64H127N2O6P/c1-6-8-10-12-14-16-18-20-22-24-26-27-28-29-30-31-32-33-34-35-36-37-38-39-40-42-44-46-48-50-52-54-56-58-64(68)65-62(61-72-73(69,70)71-60-59-66(3,4)5)63(67)57-55-53-51-49-47-45-43-41-25-23-21-19-17-15-13-11-9-7-2/h29-30,55,57,62-63,67H,6-28,31-54,56,58-61H2,1-5H3,(H-,65,68,69,70)/p+1/b30-29-,57-55+. The summed E-state index contributed by atoms with van der Waals surface area (Å²) in [5, 5.41) is 14.0. The van der Waals surface area contributed by atoms with Gasteiger partial charge in [0.05, 0.1) is 39.9 Å². The number of unbranched alkanes of at least 4 members (excludes halogenated alkanes) is 45. The van der Waals surface area contributed by atoms with Crippen molar-refractivity contribution in [2.24, 2.45) is 0 Å². The Balaban J connectivity index is 4.02. The van der Waals surface area contributed by atoms with Gasteiger partial charge in [0.1, 0.15) is 13.2 Å². The maximum atomic E-state index is 13.0. The molecule has 0 aromatic carbocycles. The molecule has 0 rings (SSSR count). The normalized spacial score (nSPS) is 13.9. The number of likely N-dealkylation sites (N-methyl/N-ethyl adjacent to an activating group) is 1. The summed E-state index contributed by atoms with van der Waals surface area (Å²) in [4.78, 5) is 23.3. The maximum absolute atomic E-state index is 13.0. The van der Waals surface area contributed by atoms with Crippen LogP contribution < -0.4 is 5.32 Å². The Kier molecular flexibility index (Phi) is 54.9. The molecular weight excluding hydrogens is 924 g/mol. The predicted octanol–water partition coefficient (Wildman–Crippen LogP) is 19.9. The fraction of sp³-hybridized carbons (Fsp3) is 0.922. The lowest BCUT2D eigenvalue weighted by molar-refractivity contribution is -0.870. The minimum absolute atomic E-state index is 0.0640. The molecule has 0 aliphatic rings. The van der Waals surface area contributed by atoms with Crippen molar-refractivity contribution in [3.05, 3.63) is 24.3 Å². The largest absolute Gasteiger partial charge is 0.472 e. The molecular formula is C64H128N2O6P+. The summed E-state index contributed by atoms with van der Waals surface area (Å²) in [6.07, 6.45) is 71.6. The van der Waals surface area contributed by atoms with E-state index in [-0.39, 0.29) is 19.1 Å². The highest BCUT2D eigenvalue weighted by atomic mass is 31.2. The van der Waals surface area contributed by atoms with Crippen LogP contribution in [0.1, 0.15) is 328 Å². The number of aliphatic hydroxyl groups is 1. The highest BCUT2D eigenvalue weighted by Crippen LogP contribution is 2.43. The van der Waals surface area contributed by atoms with Crippen LogP contribution in [0.25, 0.3) is 0 Å². The van der Waals surface area contributed by atoms with E-state index < -0.39 is 20.0 Å². The van der Waals surface area contributed by atoms with Gasteiger partial charge in [-0.15, -0.1) is 0 Å². The van der Waals surface area contributed by atoms with Crippen molar-refractivity contribution in [3.8, 4) is 0 Å². The third-order valence-electron chi connectivity index (χ3n) is 14.9. The third kappa shape index (κ3) is 58.5. The van der Waals surface area contributed by atoms with Crippen LogP contribution in [-0.4, -0.2) is 73.4 Å². The number of quaternary nitrogens is 1. The van der Waals surface area contributed by atoms with Crippen molar-refractivity contribution in [2.45, 2.75) is 341 Å². The number of rotatable bonds is 60. The van der Waals surface area contributed by atoms with E-state index in [0.717, 1.165) is 32.1 Å². The van der Waals surface area contributed by atoms with E-state index >= 15 is 0 Å². The first kappa shape index (κ1) is 72.0. The lowest BCUT2D eigenvalue weighted by Gasteiger charge is -2.25. The van der Waals surface area contributed by atoms with Gasteiger partial charge in [0.25, 0.3) is 0 Å². The van der Waals surface area contributed by atoms with Gasteiger partial charge in [-0.05, 0) is 44.9 Å². The van der Waals surface area contributed by atoms with Gasteiger partial charge in [-0.25, -0.2) is 4.57 Å². The minimum atomic E-state index is -4.35. The second-order valence-electron chi connectivity index (χ2n) is 23.5. The summed E-state index contributed by atoms with van der Waals surface area (Å²) in [6.45, 7) is 4.87. The number of nitrogens with zero attached hydrogens (tertiary/aromatic N) is 1. The van der Waals surface area contributed by atoms with Crippen molar-refractivity contribution in [1.29, 1.82) is 0 Å². The van der Waals surface area contributed by atoms with Gasteiger partial charge in [-0.2, -0.15) is 0 Å². The number of phosphoric acid groups is 1. The summed E-state index contributed by atoms with van der Waals surface area (Å²) in [6, 6.07) is -0.844. The molecule has 3 N–H and O–H groups in total. The van der Waals surface area contributed by atoms with Gasteiger partial charge in [0, 0.05) is 6.42 Å². The summed E-state index contributed by atoms with van der Waals surface area (Å²) in [5.41, 5.74) is 0. The molecule has 0 bridgehead atoms. The number of amides is 1. The van der Waals surface area contributed by atoms with Crippen LogP contribution in [0.5, 0.6) is 0 Å². The molecule has 9 heteroatoms. The number of phosphoric ester groups is 1. The van der Waals surface area contributed by atoms with Crippen LogP contribution in [0.3, 0.4) is 0 Å². The highest BCUT2D eigenvalue weighted by Gasteiger charge is 2.28. The van der Waals surface area contributed by atoms with E-state index in [4.69, 9.17) is 9.05 Å². The van der Waals surface area contributed by atoms with E-state index in [1.165, 1.54) is 276 Å². The molecule has 0 saturated heterocycles. The van der Waals surface area contributed by atoms with E-state index in [2.05, 4.69) is 31.3 Å². The zero-order chi connectivity index (χ0) is 53.5. The van der Waals surface area contributed by atoms with Gasteiger partial charge in [-0.3, -0.25) is 13.8 Å². The Morgan fingerprint density at radius 3 is 1.05 bits per heavy atom. The second kappa shape index (κ2) is 55.7. The third-order valence-corrected chi connectivity index (χ3v) is 15.9. The Bertz CT molecular complexity index is 1240. The van der Waals surface area contributed by atoms with E-state index in [9.17, 15) is 19.4 Å². The van der Waals surface area contributed by atoms with Crippen LogP contribution in [0.15, 0.2) is 24.3 Å². The van der Waals surface area contributed by atoms with Gasteiger partial charge in [-0.1, -0.05) is 301 Å². The van der Waals surface area contributed by atoms with Crippen molar-refractivity contribution in [1.82, 2.24) is 5.32 Å². The zero-order valence-corrected chi connectivity index (χ0v) is 50.5. The van der Waals surface area contributed by atoms with Crippen LogP contribution >= 0.6 is 7.82 Å². The van der Waals surface area contributed by atoms with Crippen LogP contribution in [0.4, 0.5) is 0 Å². The quantitative estimate of drug-likeness (QED) is 0.0243. The first-order valence-electron chi connectivity index (χ1n) is 32.2. The zero-order valence-electron chi connectivity index (χ0n) is 49.7. The number of aliphatic hydroxyl groups excluding tert-OH is 1. The summed E-state index contributed by atoms with van der Waals surface area (Å²) < 4.78 is 23.8. The van der Waals surface area contributed by atoms with E-state index in [1.807, 2.05) is 27.2 Å². The first-order chi connectivity index (χ1) is 35.5. The average molecular weight is 1050 g/mol. The van der Waals surface area contributed by atoms with Crippen molar-refractivity contribution in [3.63, 3.8) is 0 Å². The lowest BCUT2D eigenvalue weighted by atomic mass is 10.0. The first-order valence-corrected chi connectivity index (χ1v) is 33.7. The highest BCUT2D eigenvalue weighted by molar-refractivity contribution is 7.47. The Hall–Kier alpha value is -1.02. The summed E-state index contributed by atoms with van der Waals surface area (Å²) in [5.74, 6) is -0.170. The molecule has 434 valence electrons. The fourth-order valence-corrected chi connectivity index (χ4v) is 10.6. The topological polar surface area (TPSA) is 105 Å². The van der Waals surface area contributed by atoms with Gasteiger partial charge >= 0.3 is 7.82 Å². The Labute approximate surface area is 455 Å². The molecule has 0 aromatic rings.